The molecule has 0 amide bonds. The summed E-state index contributed by atoms with van der Waals surface area (Å²) < 4.78 is 11.1. The number of ether oxygens (including phenoxy) is 2. The van der Waals surface area contributed by atoms with E-state index in [0.29, 0.717) is 5.57 Å². The average Bonchev–Trinajstić information content (AvgIpc) is 2.98. The predicted octanol–water partition coefficient (Wildman–Crippen LogP) is -1.83. The highest BCUT2D eigenvalue weighted by Crippen LogP contribution is 2.74. The first kappa shape index (κ1) is 19.3. The van der Waals surface area contributed by atoms with Gasteiger partial charge in [0.25, 0.3) is 0 Å². The number of rotatable bonds is 0. The van der Waals surface area contributed by atoms with Gasteiger partial charge in [-0.2, -0.15) is 0 Å². The van der Waals surface area contributed by atoms with Crippen LogP contribution in [0.3, 0.4) is 0 Å². The number of fused-ring (bicyclic) bond motifs is 1. The third kappa shape index (κ3) is 1.69. The molecule has 2 aliphatic heterocycles. The van der Waals surface area contributed by atoms with Gasteiger partial charge in [0.05, 0.1) is 12.0 Å². The largest absolute Gasteiger partial charge is 0.460 e. The fourth-order valence-corrected chi connectivity index (χ4v) is 7.19. The minimum absolute atomic E-state index is 0.142. The molecule has 10 atom stereocenters. The normalized spacial score (nSPS) is 58.3. The van der Waals surface area contributed by atoms with Crippen molar-refractivity contribution in [1.29, 1.82) is 0 Å². The van der Waals surface area contributed by atoms with Gasteiger partial charge in [0.15, 0.2) is 11.9 Å². The molecule has 5 N–H and O–H groups in total. The zero-order chi connectivity index (χ0) is 21.3. The van der Waals surface area contributed by atoms with E-state index in [-0.39, 0.29) is 18.6 Å². The van der Waals surface area contributed by atoms with Crippen molar-refractivity contribution in [3.63, 3.8) is 0 Å². The van der Waals surface area contributed by atoms with E-state index in [4.69, 9.17) is 9.47 Å². The van der Waals surface area contributed by atoms with E-state index in [9.17, 15) is 35.1 Å². The summed E-state index contributed by atoms with van der Waals surface area (Å²) in [6, 6.07) is 0. The van der Waals surface area contributed by atoms with E-state index < -0.39 is 70.2 Å². The number of ketones is 1. The molecule has 0 unspecified atom stereocenters. The SMILES string of the molecule is C=C1[C@@H](O)[C@]2(O)OC[C@]34[C@H]2[C@@]2(C)[C@H](O)C(=O)C=C(C)[C@@H]2C[C@H]3OC(=O)[C@H](O)[C@@]14O. The van der Waals surface area contributed by atoms with Crippen molar-refractivity contribution < 1.29 is 44.6 Å². The highest BCUT2D eigenvalue weighted by Gasteiger charge is 2.87. The Balaban J connectivity index is 1.85. The Morgan fingerprint density at radius 2 is 1.79 bits per heavy atom. The average molecular weight is 408 g/mol. The van der Waals surface area contributed by atoms with Gasteiger partial charge >= 0.3 is 5.97 Å². The van der Waals surface area contributed by atoms with Crippen molar-refractivity contribution in [2.75, 3.05) is 6.61 Å². The quantitative estimate of drug-likeness (QED) is 0.230. The first-order valence-electron chi connectivity index (χ1n) is 9.63. The van der Waals surface area contributed by atoms with Gasteiger partial charge < -0.3 is 35.0 Å². The molecule has 3 aliphatic carbocycles. The van der Waals surface area contributed by atoms with Crippen molar-refractivity contribution in [1.82, 2.24) is 0 Å². The molecule has 2 saturated heterocycles. The Bertz CT molecular complexity index is 896. The summed E-state index contributed by atoms with van der Waals surface area (Å²) in [7, 11) is 0. The van der Waals surface area contributed by atoms with Gasteiger partial charge in [-0.25, -0.2) is 4.79 Å². The maximum atomic E-state index is 12.5. The molecule has 2 saturated carbocycles. The number of hydrogen-bond acceptors (Lipinski definition) is 9. The van der Waals surface area contributed by atoms with Crippen LogP contribution in [0, 0.1) is 22.7 Å². The molecule has 1 spiro atoms. The molecule has 158 valence electrons. The van der Waals surface area contributed by atoms with E-state index in [1.54, 1.807) is 13.8 Å². The summed E-state index contributed by atoms with van der Waals surface area (Å²) in [4.78, 5) is 25.0. The predicted molar refractivity (Wildman–Crippen MR) is 93.8 cm³/mol. The van der Waals surface area contributed by atoms with Crippen LogP contribution in [0.4, 0.5) is 0 Å². The molecule has 0 aromatic rings. The molecule has 2 heterocycles. The maximum absolute atomic E-state index is 12.5. The van der Waals surface area contributed by atoms with Crippen molar-refractivity contribution >= 4 is 11.8 Å². The van der Waals surface area contributed by atoms with E-state index in [1.807, 2.05) is 0 Å². The van der Waals surface area contributed by atoms with Crippen molar-refractivity contribution in [2.24, 2.45) is 22.7 Å². The summed E-state index contributed by atoms with van der Waals surface area (Å²) >= 11 is 0. The molecule has 0 radical (unpaired) electrons. The van der Waals surface area contributed by atoms with Gasteiger partial charge in [-0.3, -0.25) is 4.79 Å². The standard InChI is InChI=1S/C20H24O9/c1-7-4-10(21)13(23)17(3)9(7)5-11-18-6-28-20(27,16(17)18)12(22)8(2)19(18,26)14(24)15(25)29-11/h4,9,11-14,16,22-24,26-27H,2,5-6H2,1,3H3/t9-,11+,12+,13+,14-,16+,17+,18+,19-,20-/m0/s1. The van der Waals surface area contributed by atoms with Crippen LogP contribution in [0.15, 0.2) is 23.8 Å². The fourth-order valence-electron chi connectivity index (χ4n) is 7.19. The maximum Gasteiger partial charge on any atom is 0.338 e. The van der Waals surface area contributed by atoms with Gasteiger partial charge in [0, 0.05) is 11.3 Å². The van der Waals surface area contributed by atoms with Crippen LogP contribution in [0.25, 0.3) is 0 Å². The smallest absolute Gasteiger partial charge is 0.338 e. The molecule has 9 heteroatoms. The van der Waals surface area contributed by atoms with Gasteiger partial charge in [0.2, 0.25) is 5.79 Å². The molecule has 0 aromatic carbocycles. The third-order valence-electron chi connectivity index (χ3n) is 8.44. The lowest BCUT2D eigenvalue weighted by Crippen LogP contribution is -2.82. The lowest BCUT2D eigenvalue weighted by Gasteiger charge is -2.69. The van der Waals surface area contributed by atoms with Crippen molar-refractivity contribution in [3.8, 4) is 0 Å². The Kier molecular flexibility index (Phi) is 3.44. The van der Waals surface area contributed by atoms with E-state index in [1.165, 1.54) is 6.08 Å². The fraction of sp³-hybridized carbons (Fsp3) is 0.700. The first-order valence-corrected chi connectivity index (χ1v) is 9.63. The summed E-state index contributed by atoms with van der Waals surface area (Å²) in [5.74, 6) is -5.66. The Morgan fingerprint density at radius 3 is 2.45 bits per heavy atom. The molecule has 0 aromatic heterocycles. The van der Waals surface area contributed by atoms with E-state index in [2.05, 4.69) is 6.58 Å². The minimum Gasteiger partial charge on any atom is -0.460 e. The Morgan fingerprint density at radius 1 is 1.14 bits per heavy atom. The second kappa shape index (κ2) is 5.16. The van der Waals surface area contributed by atoms with Gasteiger partial charge in [-0.1, -0.05) is 19.1 Å². The van der Waals surface area contributed by atoms with Crippen LogP contribution >= 0.6 is 0 Å². The molecule has 5 rings (SSSR count). The van der Waals surface area contributed by atoms with E-state index >= 15 is 0 Å². The third-order valence-corrected chi connectivity index (χ3v) is 8.44. The Hall–Kier alpha value is -1.62. The number of esters is 1. The van der Waals surface area contributed by atoms with Gasteiger partial charge in [-0.15, -0.1) is 0 Å². The summed E-state index contributed by atoms with van der Waals surface area (Å²) in [5, 5.41) is 55.7. The van der Waals surface area contributed by atoms with Crippen LogP contribution in [0.5, 0.6) is 0 Å². The first-order chi connectivity index (χ1) is 13.4. The number of aliphatic hydroxyl groups excluding tert-OH is 3. The van der Waals surface area contributed by atoms with E-state index in [0.717, 1.165) is 0 Å². The number of hydrogen-bond donors (Lipinski definition) is 5. The van der Waals surface area contributed by atoms with Crippen LogP contribution < -0.4 is 0 Å². The molecular formula is C20H24O9. The zero-order valence-corrected chi connectivity index (χ0v) is 16.0. The topological polar surface area (TPSA) is 154 Å². The van der Waals surface area contributed by atoms with Gasteiger partial charge in [0.1, 0.15) is 23.9 Å². The monoisotopic (exact) mass is 408 g/mol. The number of allylic oxidation sites excluding steroid dienone is 1. The second-order valence-electron chi connectivity index (χ2n) is 9.38. The molecule has 2 bridgehead atoms. The summed E-state index contributed by atoms with van der Waals surface area (Å²) in [6.45, 7) is 6.62. The lowest BCUT2D eigenvalue weighted by atomic mass is 9.37. The van der Waals surface area contributed by atoms with Crippen LogP contribution in [-0.2, 0) is 19.1 Å². The highest BCUT2D eigenvalue weighted by molar-refractivity contribution is 5.96. The van der Waals surface area contributed by atoms with Crippen LogP contribution in [0.1, 0.15) is 20.3 Å². The second-order valence-corrected chi connectivity index (χ2v) is 9.38. The van der Waals surface area contributed by atoms with Crippen molar-refractivity contribution in [2.45, 2.75) is 56.1 Å². The minimum atomic E-state index is -2.37. The summed E-state index contributed by atoms with van der Waals surface area (Å²) in [6.07, 6.45) is -5.01. The molecule has 5 aliphatic rings. The van der Waals surface area contributed by atoms with Crippen LogP contribution in [-0.4, -0.2) is 79.7 Å². The summed E-state index contributed by atoms with van der Waals surface area (Å²) in [5.41, 5.74) is -5.06. The number of carbonyl (C=O) groups excluding carboxylic acids is 2. The molecular weight excluding hydrogens is 384 g/mol. The molecule has 29 heavy (non-hydrogen) atoms. The molecule has 9 nitrogen and oxygen atoms in total. The Labute approximate surface area is 166 Å². The lowest BCUT2D eigenvalue weighted by molar-refractivity contribution is -0.337. The van der Waals surface area contributed by atoms with Crippen LogP contribution in [0.2, 0.25) is 0 Å². The number of carbonyl (C=O) groups is 2. The van der Waals surface area contributed by atoms with Gasteiger partial charge in [-0.05, 0) is 30.9 Å². The van der Waals surface area contributed by atoms with Crippen molar-refractivity contribution in [3.05, 3.63) is 23.8 Å². The zero-order valence-electron chi connectivity index (χ0n) is 16.0. The molecule has 4 fully saturated rings. The number of aliphatic hydroxyl groups is 5. The highest BCUT2D eigenvalue weighted by atomic mass is 16.7.